The molecule has 0 saturated carbocycles. The first-order chi connectivity index (χ1) is 16.2. The molecule has 5 rings (SSSR count). The van der Waals surface area contributed by atoms with Crippen molar-refractivity contribution in [3.63, 3.8) is 0 Å². The average molecular weight is 488 g/mol. The van der Waals surface area contributed by atoms with Crippen LogP contribution in [0.3, 0.4) is 0 Å². The lowest BCUT2D eigenvalue weighted by Crippen LogP contribution is -2.45. The van der Waals surface area contributed by atoms with E-state index in [-0.39, 0.29) is 10.6 Å². The number of halogens is 3. The van der Waals surface area contributed by atoms with Crippen LogP contribution in [0.25, 0.3) is 23.0 Å². The van der Waals surface area contributed by atoms with E-state index >= 15 is 0 Å². The number of hydrogen-bond acceptors (Lipinski definition) is 7. The van der Waals surface area contributed by atoms with Crippen LogP contribution < -0.4 is 10.2 Å². The summed E-state index contributed by atoms with van der Waals surface area (Å²) in [5.74, 6) is -0.517. The molecule has 12 heteroatoms. The molecule has 34 heavy (non-hydrogen) atoms. The first kappa shape index (κ1) is 22.4. The van der Waals surface area contributed by atoms with E-state index in [9.17, 15) is 22.8 Å². The number of alkyl halides is 3. The molecule has 4 heterocycles. The summed E-state index contributed by atoms with van der Waals surface area (Å²) in [5.41, 5.74) is 0.951. The monoisotopic (exact) mass is 488 g/mol. The van der Waals surface area contributed by atoms with Gasteiger partial charge in [0.15, 0.2) is 5.65 Å². The number of thioether (sulfide) groups is 1. The SMILES string of the molecule is CN1CCN(c2ccc(-c3cnc4ccc(/C=C5\SC(=O)NC5=O)nn34)cc2C(F)(F)F)CC1. The Labute approximate surface area is 196 Å². The van der Waals surface area contributed by atoms with Crippen LogP contribution >= 0.6 is 11.8 Å². The van der Waals surface area contributed by atoms with Crippen LogP contribution in [-0.2, 0) is 11.0 Å². The highest BCUT2D eigenvalue weighted by molar-refractivity contribution is 8.18. The molecule has 0 spiro atoms. The van der Waals surface area contributed by atoms with Crippen LogP contribution in [0, 0.1) is 0 Å². The molecular weight excluding hydrogens is 469 g/mol. The number of anilines is 1. The van der Waals surface area contributed by atoms with Gasteiger partial charge in [-0.1, -0.05) is 6.07 Å². The van der Waals surface area contributed by atoms with Gasteiger partial charge in [0.25, 0.3) is 11.1 Å². The molecule has 0 atom stereocenters. The molecular formula is C22H19F3N6O2S. The van der Waals surface area contributed by atoms with Crippen molar-refractivity contribution in [3.8, 4) is 11.3 Å². The van der Waals surface area contributed by atoms with E-state index < -0.39 is 22.9 Å². The first-order valence-electron chi connectivity index (χ1n) is 10.4. The summed E-state index contributed by atoms with van der Waals surface area (Å²) in [6, 6.07) is 7.53. The van der Waals surface area contributed by atoms with Gasteiger partial charge in [-0.3, -0.25) is 14.9 Å². The Morgan fingerprint density at radius 1 is 1.09 bits per heavy atom. The minimum Gasteiger partial charge on any atom is -0.368 e. The number of piperazine rings is 1. The van der Waals surface area contributed by atoms with Crippen molar-refractivity contribution in [2.24, 2.45) is 0 Å². The predicted octanol–water partition coefficient (Wildman–Crippen LogP) is 3.49. The standard InChI is InChI=1S/C22H19F3N6O2S/c1-29-6-8-30(9-7-29)16-4-2-13(10-15(16)22(23,24)25)17-12-26-19-5-3-14(28-31(17)19)11-18-20(32)27-21(33)34-18/h2-5,10-12H,6-9H2,1H3,(H,27,32,33)/b18-11-. The Morgan fingerprint density at radius 2 is 1.85 bits per heavy atom. The Balaban J connectivity index is 1.55. The van der Waals surface area contributed by atoms with Gasteiger partial charge in [0.05, 0.1) is 28.1 Å². The minimum atomic E-state index is -4.53. The maximum Gasteiger partial charge on any atom is 0.418 e. The van der Waals surface area contributed by atoms with Gasteiger partial charge in [0.1, 0.15) is 0 Å². The normalized spacial score (nSPS) is 18.8. The van der Waals surface area contributed by atoms with Crippen LogP contribution in [0.5, 0.6) is 0 Å². The molecule has 2 amide bonds. The third-order valence-electron chi connectivity index (χ3n) is 5.75. The number of rotatable bonds is 3. The molecule has 2 aliphatic heterocycles. The number of nitrogens with one attached hydrogen (secondary N) is 1. The maximum absolute atomic E-state index is 14.0. The van der Waals surface area contributed by atoms with Crippen LogP contribution in [-0.4, -0.2) is 63.9 Å². The number of benzene rings is 1. The zero-order chi connectivity index (χ0) is 24.0. The highest BCUT2D eigenvalue weighted by atomic mass is 32.2. The Bertz CT molecular complexity index is 1330. The molecule has 0 radical (unpaired) electrons. The van der Waals surface area contributed by atoms with E-state index in [0.29, 0.717) is 48.8 Å². The van der Waals surface area contributed by atoms with Crippen molar-refractivity contribution in [1.29, 1.82) is 0 Å². The lowest BCUT2D eigenvalue weighted by atomic mass is 10.0. The van der Waals surface area contributed by atoms with Crippen molar-refractivity contribution >= 4 is 40.3 Å². The van der Waals surface area contributed by atoms with Crippen molar-refractivity contribution in [3.05, 3.63) is 52.7 Å². The quantitative estimate of drug-likeness (QED) is 0.565. The number of imidazole rings is 1. The second-order valence-corrected chi connectivity index (χ2v) is 9.06. The number of imide groups is 1. The van der Waals surface area contributed by atoms with Crippen LogP contribution in [0.15, 0.2) is 41.4 Å². The zero-order valence-electron chi connectivity index (χ0n) is 18.0. The lowest BCUT2D eigenvalue weighted by Gasteiger charge is -2.35. The maximum atomic E-state index is 14.0. The summed E-state index contributed by atoms with van der Waals surface area (Å²) in [6.45, 7) is 2.41. The van der Waals surface area contributed by atoms with Crippen molar-refractivity contribution < 1.29 is 22.8 Å². The molecule has 0 bridgehead atoms. The summed E-state index contributed by atoms with van der Waals surface area (Å²) in [4.78, 5) is 31.5. The third kappa shape index (κ3) is 4.26. The second-order valence-electron chi connectivity index (χ2n) is 8.04. The number of carbonyl (C=O) groups excluding carboxylic acids is 2. The second kappa shape index (κ2) is 8.44. The topological polar surface area (TPSA) is 82.8 Å². The Kier molecular flexibility index (Phi) is 5.56. The fraction of sp³-hybridized carbons (Fsp3) is 0.273. The van der Waals surface area contributed by atoms with Gasteiger partial charge in [-0.15, -0.1) is 0 Å². The van der Waals surface area contributed by atoms with Gasteiger partial charge in [-0.2, -0.15) is 18.3 Å². The summed E-state index contributed by atoms with van der Waals surface area (Å²) >= 11 is 0.760. The van der Waals surface area contributed by atoms with E-state index in [0.717, 1.165) is 17.8 Å². The minimum absolute atomic E-state index is 0.158. The molecule has 1 N–H and O–H groups in total. The Hall–Kier alpha value is -3.38. The van der Waals surface area contributed by atoms with Crippen LogP contribution in [0.2, 0.25) is 0 Å². The smallest absolute Gasteiger partial charge is 0.368 e. The van der Waals surface area contributed by atoms with Crippen molar-refractivity contribution in [2.75, 3.05) is 38.1 Å². The summed E-state index contributed by atoms with van der Waals surface area (Å²) in [5, 5.41) is 6.12. The van der Waals surface area contributed by atoms with E-state index in [2.05, 4.69) is 20.3 Å². The van der Waals surface area contributed by atoms with Gasteiger partial charge < -0.3 is 9.80 Å². The fourth-order valence-corrected chi connectivity index (χ4v) is 4.63. The van der Waals surface area contributed by atoms with Crippen molar-refractivity contribution in [1.82, 2.24) is 24.8 Å². The van der Waals surface area contributed by atoms with Gasteiger partial charge in [0.2, 0.25) is 0 Å². The van der Waals surface area contributed by atoms with E-state index in [1.165, 1.54) is 22.9 Å². The van der Waals surface area contributed by atoms with E-state index in [1.54, 1.807) is 23.1 Å². The first-order valence-corrected chi connectivity index (χ1v) is 11.3. The number of aromatic nitrogens is 3. The van der Waals surface area contributed by atoms with Crippen LogP contribution in [0.1, 0.15) is 11.3 Å². The molecule has 1 aromatic carbocycles. The molecule has 2 fully saturated rings. The average Bonchev–Trinajstić information content (AvgIpc) is 3.35. The van der Waals surface area contributed by atoms with Gasteiger partial charge in [-0.05, 0) is 49.2 Å². The van der Waals surface area contributed by atoms with Crippen molar-refractivity contribution in [2.45, 2.75) is 6.18 Å². The molecule has 3 aromatic rings. The molecule has 2 aromatic heterocycles. The fourth-order valence-electron chi connectivity index (χ4n) is 3.96. The van der Waals surface area contributed by atoms with E-state index in [4.69, 9.17) is 0 Å². The summed E-state index contributed by atoms with van der Waals surface area (Å²) in [7, 11) is 1.95. The Morgan fingerprint density at radius 3 is 2.53 bits per heavy atom. The lowest BCUT2D eigenvalue weighted by molar-refractivity contribution is -0.137. The van der Waals surface area contributed by atoms with Gasteiger partial charge >= 0.3 is 6.18 Å². The van der Waals surface area contributed by atoms with Gasteiger partial charge in [-0.25, -0.2) is 9.50 Å². The van der Waals surface area contributed by atoms with Gasteiger partial charge in [0, 0.05) is 37.4 Å². The highest BCUT2D eigenvalue weighted by Crippen LogP contribution is 2.39. The largest absolute Gasteiger partial charge is 0.418 e. The predicted molar refractivity (Wildman–Crippen MR) is 122 cm³/mol. The molecule has 0 aliphatic carbocycles. The number of nitrogens with zero attached hydrogens (tertiary/aromatic N) is 5. The number of hydrogen-bond donors (Lipinski definition) is 1. The number of amides is 2. The zero-order valence-corrected chi connectivity index (χ0v) is 18.8. The molecule has 2 aliphatic rings. The number of fused-ring (bicyclic) bond motifs is 1. The third-order valence-corrected chi connectivity index (χ3v) is 6.56. The number of likely N-dealkylation sites (N-methyl/N-ethyl adjacent to an activating group) is 1. The summed E-state index contributed by atoms with van der Waals surface area (Å²) < 4.78 is 43.5. The summed E-state index contributed by atoms with van der Waals surface area (Å²) in [6.07, 6.45) is -1.62. The molecule has 2 saturated heterocycles. The number of carbonyl (C=O) groups is 2. The highest BCUT2D eigenvalue weighted by Gasteiger charge is 2.36. The van der Waals surface area contributed by atoms with Crippen LogP contribution in [0.4, 0.5) is 23.7 Å². The molecule has 0 unspecified atom stereocenters. The van der Waals surface area contributed by atoms with E-state index in [1.807, 2.05) is 7.05 Å². The molecule has 8 nitrogen and oxygen atoms in total. The molecule has 176 valence electrons.